The monoisotopic (exact) mass is 307 g/mol. The predicted molar refractivity (Wildman–Crippen MR) is 80.6 cm³/mol. The third-order valence-electron chi connectivity index (χ3n) is 2.96. The van der Waals surface area contributed by atoms with E-state index >= 15 is 0 Å². The van der Waals surface area contributed by atoms with Crippen molar-refractivity contribution in [1.29, 1.82) is 0 Å². The maximum atomic E-state index is 11.9. The largest absolute Gasteiger partial charge is 0.311 e. The minimum absolute atomic E-state index is 0.183. The first-order valence-corrected chi connectivity index (χ1v) is 7.50. The molecule has 0 unspecified atom stereocenters. The fourth-order valence-electron chi connectivity index (χ4n) is 1.91. The molecule has 0 fully saturated rings. The van der Waals surface area contributed by atoms with E-state index in [4.69, 9.17) is 0 Å². The summed E-state index contributed by atoms with van der Waals surface area (Å²) in [6.07, 6.45) is 1.34. The number of aromatic amines is 1. The number of carbonyl (C=O) groups excluding carboxylic acids is 1. The van der Waals surface area contributed by atoms with Crippen molar-refractivity contribution >= 4 is 22.4 Å². The molecule has 7 nitrogen and oxygen atoms in total. The lowest BCUT2D eigenvalue weighted by molar-refractivity contribution is -0.116. The van der Waals surface area contributed by atoms with Crippen molar-refractivity contribution in [2.75, 3.05) is 5.32 Å². The van der Waals surface area contributed by atoms with Crippen LogP contribution in [0.15, 0.2) is 4.79 Å². The fourth-order valence-corrected chi connectivity index (χ4v) is 2.61. The normalized spacial score (nSPS) is 10.6. The number of aromatic nitrogens is 4. The van der Waals surface area contributed by atoms with Crippen LogP contribution in [0.4, 0.5) is 5.13 Å². The molecule has 112 valence electrons. The predicted octanol–water partition coefficient (Wildman–Crippen LogP) is 1.37. The lowest BCUT2D eigenvalue weighted by atomic mass is 10.1. The molecule has 0 aliphatic heterocycles. The second-order valence-electron chi connectivity index (χ2n) is 4.62. The highest BCUT2D eigenvalue weighted by atomic mass is 32.1. The summed E-state index contributed by atoms with van der Waals surface area (Å²) in [5.41, 5.74) is 1.02. The van der Waals surface area contributed by atoms with E-state index in [0.717, 1.165) is 11.4 Å². The van der Waals surface area contributed by atoms with Crippen LogP contribution in [0.2, 0.25) is 0 Å². The number of rotatable bonds is 5. The van der Waals surface area contributed by atoms with E-state index in [9.17, 15) is 9.59 Å². The first-order valence-electron chi connectivity index (χ1n) is 6.68. The van der Waals surface area contributed by atoms with Crippen LogP contribution < -0.4 is 10.9 Å². The summed E-state index contributed by atoms with van der Waals surface area (Å²) in [4.78, 5) is 30.5. The van der Waals surface area contributed by atoms with Gasteiger partial charge in [-0.3, -0.25) is 9.59 Å². The molecule has 2 aromatic rings. The molecular weight excluding hydrogens is 290 g/mol. The van der Waals surface area contributed by atoms with Crippen LogP contribution in [-0.4, -0.2) is 26.1 Å². The van der Waals surface area contributed by atoms with Gasteiger partial charge in [-0.05, 0) is 26.7 Å². The number of aryl methyl sites for hydroxylation is 3. The summed E-state index contributed by atoms with van der Waals surface area (Å²) in [6.45, 7) is 5.48. The van der Waals surface area contributed by atoms with Crippen molar-refractivity contribution in [3.63, 3.8) is 0 Å². The van der Waals surface area contributed by atoms with Crippen molar-refractivity contribution in [3.8, 4) is 0 Å². The zero-order valence-corrected chi connectivity index (χ0v) is 13.0. The molecule has 0 aliphatic carbocycles. The molecule has 8 heteroatoms. The van der Waals surface area contributed by atoms with E-state index < -0.39 is 0 Å². The Labute approximate surface area is 125 Å². The molecule has 0 atom stereocenters. The first kappa shape index (κ1) is 15.3. The molecule has 1 amide bonds. The summed E-state index contributed by atoms with van der Waals surface area (Å²) < 4.78 is 0. The van der Waals surface area contributed by atoms with Gasteiger partial charge in [-0.1, -0.05) is 18.3 Å². The van der Waals surface area contributed by atoms with Crippen LogP contribution in [0, 0.1) is 13.8 Å². The molecule has 0 spiro atoms. The van der Waals surface area contributed by atoms with E-state index in [-0.39, 0.29) is 17.9 Å². The summed E-state index contributed by atoms with van der Waals surface area (Å²) in [5, 5.41) is 11.9. The maximum Gasteiger partial charge on any atom is 0.254 e. The van der Waals surface area contributed by atoms with Crippen LogP contribution >= 0.6 is 11.3 Å². The summed E-state index contributed by atoms with van der Waals surface area (Å²) in [7, 11) is 0. The molecule has 0 saturated carbocycles. The third kappa shape index (κ3) is 3.94. The molecule has 0 saturated heterocycles. The van der Waals surface area contributed by atoms with E-state index in [1.807, 2.05) is 6.92 Å². The van der Waals surface area contributed by atoms with Crippen LogP contribution in [0.3, 0.4) is 0 Å². The minimum atomic E-state index is -0.187. The van der Waals surface area contributed by atoms with Gasteiger partial charge in [-0.15, -0.1) is 10.2 Å². The third-order valence-corrected chi connectivity index (χ3v) is 3.94. The van der Waals surface area contributed by atoms with Gasteiger partial charge < -0.3 is 10.3 Å². The molecule has 2 heterocycles. The van der Waals surface area contributed by atoms with Crippen molar-refractivity contribution < 1.29 is 4.79 Å². The van der Waals surface area contributed by atoms with Crippen molar-refractivity contribution in [3.05, 3.63) is 32.4 Å². The molecule has 2 aromatic heterocycles. The van der Waals surface area contributed by atoms with E-state index in [2.05, 4.69) is 25.5 Å². The molecule has 21 heavy (non-hydrogen) atoms. The van der Waals surface area contributed by atoms with Gasteiger partial charge in [0, 0.05) is 17.7 Å². The van der Waals surface area contributed by atoms with Gasteiger partial charge in [0.15, 0.2) is 0 Å². The lowest BCUT2D eigenvalue weighted by Gasteiger charge is -2.05. The Morgan fingerprint density at radius 2 is 2.10 bits per heavy atom. The van der Waals surface area contributed by atoms with Gasteiger partial charge in [0.2, 0.25) is 11.0 Å². The molecule has 2 rings (SSSR count). The molecule has 0 aliphatic rings. The Balaban J connectivity index is 1.97. The Hall–Kier alpha value is -2.09. The Morgan fingerprint density at radius 3 is 2.71 bits per heavy atom. The first-order chi connectivity index (χ1) is 9.99. The number of H-pyrrole nitrogens is 1. The average molecular weight is 307 g/mol. The van der Waals surface area contributed by atoms with E-state index in [0.29, 0.717) is 28.6 Å². The van der Waals surface area contributed by atoms with Crippen molar-refractivity contribution in [2.24, 2.45) is 0 Å². The van der Waals surface area contributed by atoms with Crippen LogP contribution in [0.1, 0.15) is 35.4 Å². The van der Waals surface area contributed by atoms with E-state index in [1.54, 1.807) is 13.8 Å². The fraction of sp³-hybridized carbons (Fsp3) is 0.462. The Kier molecular flexibility index (Phi) is 4.79. The second-order valence-corrected chi connectivity index (χ2v) is 5.68. The van der Waals surface area contributed by atoms with Gasteiger partial charge in [-0.25, -0.2) is 4.98 Å². The van der Waals surface area contributed by atoms with Crippen LogP contribution in [-0.2, 0) is 17.6 Å². The number of hydrogen-bond acceptors (Lipinski definition) is 6. The quantitative estimate of drug-likeness (QED) is 0.869. The summed E-state index contributed by atoms with van der Waals surface area (Å²) in [5.74, 6) is 0.389. The van der Waals surface area contributed by atoms with Crippen molar-refractivity contribution in [1.82, 2.24) is 20.2 Å². The highest BCUT2D eigenvalue weighted by molar-refractivity contribution is 7.15. The highest BCUT2D eigenvalue weighted by Gasteiger charge is 2.11. The number of nitrogens with one attached hydrogen (secondary N) is 2. The number of carbonyl (C=O) groups is 1. The zero-order chi connectivity index (χ0) is 15.4. The lowest BCUT2D eigenvalue weighted by Crippen LogP contribution is -2.20. The molecule has 0 radical (unpaired) electrons. The SMILES string of the molecule is CCc1nnc(NC(=O)CCc2c(C)nc(C)[nH]c2=O)s1. The number of nitrogens with zero attached hydrogens (tertiary/aromatic N) is 3. The van der Waals surface area contributed by atoms with Crippen LogP contribution in [0.25, 0.3) is 0 Å². The average Bonchev–Trinajstić information content (AvgIpc) is 2.85. The second kappa shape index (κ2) is 6.57. The van der Waals surface area contributed by atoms with E-state index in [1.165, 1.54) is 11.3 Å². The van der Waals surface area contributed by atoms with Gasteiger partial charge in [-0.2, -0.15) is 0 Å². The number of hydrogen-bond donors (Lipinski definition) is 2. The molecule has 2 N–H and O–H groups in total. The van der Waals surface area contributed by atoms with Crippen molar-refractivity contribution in [2.45, 2.75) is 40.0 Å². The number of anilines is 1. The maximum absolute atomic E-state index is 11.9. The summed E-state index contributed by atoms with van der Waals surface area (Å²) >= 11 is 1.36. The Morgan fingerprint density at radius 1 is 1.33 bits per heavy atom. The standard InChI is InChI=1S/C13H17N5O2S/c1-4-11-17-18-13(21-11)16-10(19)6-5-9-7(2)14-8(3)15-12(9)20/h4-6H2,1-3H3,(H,14,15,20)(H,16,18,19). The van der Waals surface area contributed by atoms with Gasteiger partial charge in [0.25, 0.3) is 5.56 Å². The summed E-state index contributed by atoms with van der Waals surface area (Å²) in [6, 6.07) is 0. The van der Waals surface area contributed by atoms with Gasteiger partial charge >= 0.3 is 0 Å². The molecule has 0 aromatic carbocycles. The Bertz CT molecular complexity index is 707. The minimum Gasteiger partial charge on any atom is -0.311 e. The highest BCUT2D eigenvalue weighted by Crippen LogP contribution is 2.15. The topological polar surface area (TPSA) is 101 Å². The van der Waals surface area contributed by atoms with Gasteiger partial charge in [0.05, 0.1) is 0 Å². The molecular formula is C13H17N5O2S. The zero-order valence-electron chi connectivity index (χ0n) is 12.2. The smallest absolute Gasteiger partial charge is 0.254 e. The van der Waals surface area contributed by atoms with Crippen LogP contribution in [0.5, 0.6) is 0 Å². The number of amides is 1. The van der Waals surface area contributed by atoms with Gasteiger partial charge in [0.1, 0.15) is 10.8 Å². The molecule has 0 bridgehead atoms.